The monoisotopic (exact) mass is 575 g/mol. The molecule has 0 radical (unpaired) electrons. The highest BCUT2D eigenvalue weighted by atomic mass is 79.9. The zero-order chi connectivity index (χ0) is 23.8. The zero-order valence-corrected chi connectivity index (χ0v) is 20.6. The molecule has 0 aliphatic heterocycles. The van der Waals surface area contributed by atoms with Gasteiger partial charge in [0.2, 0.25) is 5.91 Å². The average molecular weight is 577 g/mol. The summed E-state index contributed by atoms with van der Waals surface area (Å²) in [6, 6.07) is 17.4. The number of methoxy groups -OCH3 is 1. The molecule has 0 atom stereocenters. The Labute approximate surface area is 207 Å². The number of hydrazone groups is 1. The van der Waals surface area contributed by atoms with Crippen molar-refractivity contribution in [1.29, 1.82) is 0 Å². The molecule has 3 rings (SSSR count). The molecule has 8 nitrogen and oxygen atoms in total. The van der Waals surface area contributed by atoms with E-state index in [0.717, 1.165) is 10.0 Å². The van der Waals surface area contributed by atoms with Gasteiger partial charge in [0, 0.05) is 26.1 Å². The normalized spacial score (nSPS) is 10.8. The van der Waals surface area contributed by atoms with Crippen LogP contribution in [0.15, 0.2) is 74.7 Å². The fourth-order valence-corrected chi connectivity index (χ4v) is 3.58. The van der Waals surface area contributed by atoms with Gasteiger partial charge in [-0.15, -0.1) is 0 Å². The molecule has 0 aromatic heterocycles. The van der Waals surface area contributed by atoms with Crippen molar-refractivity contribution in [3.05, 3.63) is 96.4 Å². The van der Waals surface area contributed by atoms with E-state index in [4.69, 9.17) is 9.47 Å². The van der Waals surface area contributed by atoms with E-state index in [-0.39, 0.29) is 12.1 Å². The van der Waals surface area contributed by atoms with Gasteiger partial charge in [0.25, 0.3) is 5.69 Å². The van der Waals surface area contributed by atoms with Crippen LogP contribution in [0.3, 0.4) is 0 Å². The highest BCUT2D eigenvalue weighted by Crippen LogP contribution is 2.33. The molecule has 3 aromatic rings. The molecule has 1 amide bonds. The maximum Gasteiger partial charge on any atom is 0.273 e. The Morgan fingerprint density at radius 1 is 1.12 bits per heavy atom. The maximum atomic E-state index is 12.2. The molecule has 0 aliphatic carbocycles. The topological polar surface area (TPSA) is 103 Å². The number of hydrogen-bond donors (Lipinski definition) is 1. The van der Waals surface area contributed by atoms with Gasteiger partial charge in [0.1, 0.15) is 6.61 Å². The highest BCUT2D eigenvalue weighted by Gasteiger charge is 2.15. The van der Waals surface area contributed by atoms with Crippen molar-refractivity contribution in [2.24, 2.45) is 5.10 Å². The Hall–Kier alpha value is -3.24. The van der Waals surface area contributed by atoms with Crippen molar-refractivity contribution in [2.45, 2.75) is 13.0 Å². The Balaban J connectivity index is 1.65. The van der Waals surface area contributed by atoms with Crippen molar-refractivity contribution < 1.29 is 19.2 Å². The number of benzene rings is 3. The molecule has 0 heterocycles. The molecule has 0 unspecified atom stereocenters. The number of hydrogen-bond acceptors (Lipinski definition) is 6. The number of nitro benzene ring substituents is 1. The lowest BCUT2D eigenvalue weighted by Gasteiger charge is -2.13. The summed E-state index contributed by atoms with van der Waals surface area (Å²) >= 11 is 6.88. The summed E-state index contributed by atoms with van der Waals surface area (Å²) in [5, 5.41) is 15.0. The van der Waals surface area contributed by atoms with Crippen molar-refractivity contribution in [2.75, 3.05) is 7.11 Å². The van der Waals surface area contributed by atoms with Crippen LogP contribution in [-0.2, 0) is 17.8 Å². The van der Waals surface area contributed by atoms with Crippen LogP contribution in [-0.4, -0.2) is 24.2 Å². The first-order valence-corrected chi connectivity index (χ1v) is 11.2. The predicted octanol–water partition coefficient (Wildman–Crippen LogP) is 5.40. The molecular weight excluding hydrogens is 558 g/mol. The third-order valence-corrected chi connectivity index (χ3v) is 5.74. The fraction of sp³-hybridized carbons (Fsp3) is 0.130. The molecule has 0 spiro atoms. The molecule has 0 fully saturated rings. The second-order valence-corrected chi connectivity index (χ2v) is 8.57. The van der Waals surface area contributed by atoms with Crippen molar-refractivity contribution >= 4 is 49.7 Å². The molecule has 0 bridgehead atoms. The van der Waals surface area contributed by atoms with Gasteiger partial charge in [-0.3, -0.25) is 14.9 Å². The second kappa shape index (κ2) is 11.6. The van der Waals surface area contributed by atoms with Crippen molar-refractivity contribution in [3.8, 4) is 11.5 Å². The molecule has 0 saturated heterocycles. The lowest BCUT2D eigenvalue weighted by molar-refractivity contribution is -0.385. The molecule has 3 aromatic carbocycles. The van der Waals surface area contributed by atoms with E-state index in [0.29, 0.717) is 33.7 Å². The van der Waals surface area contributed by atoms with E-state index in [1.165, 1.54) is 25.5 Å². The number of halogens is 2. The number of ether oxygens (including phenoxy) is 2. The second-order valence-electron chi connectivity index (χ2n) is 6.80. The van der Waals surface area contributed by atoms with Gasteiger partial charge >= 0.3 is 0 Å². The van der Waals surface area contributed by atoms with E-state index in [1.807, 2.05) is 24.3 Å². The van der Waals surface area contributed by atoms with Gasteiger partial charge in [0.15, 0.2) is 11.5 Å². The van der Waals surface area contributed by atoms with Gasteiger partial charge in [-0.25, -0.2) is 5.43 Å². The molecule has 170 valence electrons. The summed E-state index contributed by atoms with van der Waals surface area (Å²) in [4.78, 5) is 22.7. The minimum absolute atomic E-state index is 0.108. The first-order chi connectivity index (χ1) is 15.9. The summed E-state index contributed by atoms with van der Waals surface area (Å²) in [7, 11) is 1.53. The van der Waals surface area contributed by atoms with Crippen molar-refractivity contribution in [1.82, 2.24) is 5.43 Å². The zero-order valence-electron chi connectivity index (χ0n) is 17.5. The standard InChI is InChI=1S/C23H19Br2N3O5/c1-32-21-10-17(19(25)12-22(21)33-14-15-6-8-18(24)9-7-15)13-26-27-23(29)11-16-4-2-3-5-20(16)28(30)31/h2-10,12-13H,11,14H2,1H3,(H,27,29)/b26-13+. The third kappa shape index (κ3) is 6.87. The first kappa shape index (κ1) is 24.4. The third-order valence-electron chi connectivity index (χ3n) is 4.52. The summed E-state index contributed by atoms with van der Waals surface area (Å²) in [6.07, 6.45) is 1.28. The average Bonchev–Trinajstić information content (AvgIpc) is 2.80. The van der Waals surface area contributed by atoms with Crippen LogP contribution in [0.25, 0.3) is 0 Å². The molecule has 33 heavy (non-hydrogen) atoms. The van der Waals surface area contributed by atoms with Crippen LogP contribution in [0.1, 0.15) is 16.7 Å². The molecular formula is C23H19Br2N3O5. The molecule has 0 aliphatic rings. The Kier molecular flexibility index (Phi) is 8.56. The van der Waals surface area contributed by atoms with Crippen LogP contribution in [0.4, 0.5) is 5.69 Å². The lowest BCUT2D eigenvalue weighted by atomic mass is 10.1. The van der Waals surface area contributed by atoms with Gasteiger partial charge < -0.3 is 9.47 Å². The number of nitrogens with one attached hydrogen (secondary N) is 1. The predicted molar refractivity (Wildman–Crippen MR) is 132 cm³/mol. The Morgan fingerprint density at radius 2 is 1.85 bits per heavy atom. The first-order valence-electron chi connectivity index (χ1n) is 9.66. The van der Waals surface area contributed by atoms with Gasteiger partial charge in [0.05, 0.1) is 24.7 Å². The minimum Gasteiger partial charge on any atom is -0.493 e. The van der Waals surface area contributed by atoms with Crippen molar-refractivity contribution in [3.63, 3.8) is 0 Å². The lowest BCUT2D eigenvalue weighted by Crippen LogP contribution is -2.20. The number of amides is 1. The Morgan fingerprint density at radius 3 is 2.55 bits per heavy atom. The van der Waals surface area contributed by atoms with E-state index in [9.17, 15) is 14.9 Å². The number of rotatable bonds is 9. The van der Waals surface area contributed by atoms with Crippen LogP contribution in [0.5, 0.6) is 11.5 Å². The van der Waals surface area contributed by atoms with Crippen LogP contribution in [0, 0.1) is 10.1 Å². The van der Waals surface area contributed by atoms with E-state index < -0.39 is 10.8 Å². The number of carbonyl (C=O) groups is 1. The largest absolute Gasteiger partial charge is 0.493 e. The number of carbonyl (C=O) groups excluding carboxylic acids is 1. The Bertz CT molecular complexity index is 1180. The molecule has 1 N–H and O–H groups in total. The number of para-hydroxylation sites is 1. The van der Waals surface area contributed by atoms with Crippen LogP contribution < -0.4 is 14.9 Å². The van der Waals surface area contributed by atoms with E-state index in [2.05, 4.69) is 42.4 Å². The maximum absolute atomic E-state index is 12.2. The summed E-state index contributed by atoms with van der Waals surface area (Å²) in [5.74, 6) is 0.575. The highest BCUT2D eigenvalue weighted by molar-refractivity contribution is 9.10. The molecule has 10 heteroatoms. The number of nitrogens with zero attached hydrogens (tertiary/aromatic N) is 2. The summed E-state index contributed by atoms with van der Waals surface area (Å²) in [6.45, 7) is 0.366. The van der Waals surface area contributed by atoms with E-state index in [1.54, 1.807) is 24.3 Å². The van der Waals surface area contributed by atoms with Crippen LogP contribution >= 0.6 is 31.9 Å². The minimum atomic E-state index is -0.518. The molecule has 0 saturated carbocycles. The smallest absolute Gasteiger partial charge is 0.273 e. The number of nitro groups is 1. The van der Waals surface area contributed by atoms with E-state index >= 15 is 0 Å². The quantitative estimate of drug-likeness (QED) is 0.209. The fourth-order valence-electron chi connectivity index (χ4n) is 2.89. The van der Waals surface area contributed by atoms with Gasteiger partial charge in [-0.1, -0.05) is 46.3 Å². The SMILES string of the molecule is COc1cc(/C=N/NC(=O)Cc2ccccc2[N+](=O)[O-])c(Br)cc1OCc1ccc(Br)cc1. The summed E-state index contributed by atoms with van der Waals surface area (Å²) in [5.41, 5.74) is 4.24. The van der Waals surface area contributed by atoms with Gasteiger partial charge in [-0.05, 0) is 45.8 Å². The van der Waals surface area contributed by atoms with Crippen LogP contribution in [0.2, 0.25) is 0 Å². The summed E-state index contributed by atoms with van der Waals surface area (Å²) < 4.78 is 13.0. The van der Waals surface area contributed by atoms with Gasteiger partial charge in [-0.2, -0.15) is 5.10 Å².